The Balaban J connectivity index is 1.69. The molecule has 1 aliphatic carbocycles. The lowest BCUT2D eigenvalue weighted by Crippen LogP contribution is -2.36. The largest absolute Gasteiger partial charge is 0.307 e. The molecule has 0 saturated heterocycles. The molecule has 1 nitrogen and oxygen atoms in total. The molecule has 0 aliphatic heterocycles. The quantitative estimate of drug-likeness (QED) is 0.877. The van der Waals surface area contributed by atoms with E-state index in [0.717, 1.165) is 6.42 Å². The van der Waals surface area contributed by atoms with Gasteiger partial charge in [-0.2, -0.15) is 0 Å². The van der Waals surface area contributed by atoms with E-state index in [1.54, 1.807) is 5.56 Å². The molecule has 2 aromatic rings. The summed E-state index contributed by atoms with van der Waals surface area (Å²) >= 11 is 0. The van der Waals surface area contributed by atoms with Crippen molar-refractivity contribution in [1.29, 1.82) is 0 Å². The molecule has 1 aliphatic rings. The van der Waals surface area contributed by atoms with E-state index in [2.05, 4.69) is 67.7 Å². The Hall–Kier alpha value is -1.60. The van der Waals surface area contributed by atoms with Gasteiger partial charge in [-0.1, -0.05) is 48.5 Å². The van der Waals surface area contributed by atoms with Crippen LogP contribution in [0.3, 0.4) is 0 Å². The molecule has 2 aromatic carbocycles. The maximum absolute atomic E-state index is 3.80. The summed E-state index contributed by atoms with van der Waals surface area (Å²) in [5, 5.41) is 3.80. The van der Waals surface area contributed by atoms with E-state index in [4.69, 9.17) is 0 Å². The predicted molar refractivity (Wildman–Crippen MR) is 85.0 cm³/mol. The summed E-state index contributed by atoms with van der Waals surface area (Å²) in [4.78, 5) is 0. The van der Waals surface area contributed by atoms with E-state index in [0.29, 0.717) is 12.1 Å². The van der Waals surface area contributed by atoms with E-state index < -0.39 is 0 Å². The molecule has 1 heteroatoms. The van der Waals surface area contributed by atoms with Gasteiger partial charge in [-0.25, -0.2) is 0 Å². The monoisotopic (exact) mass is 265 g/mol. The topological polar surface area (TPSA) is 12.0 Å². The number of nitrogens with one attached hydrogen (secondary N) is 1. The van der Waals surface area contributed by atoms with Crippen molar-refractivity contribution in [2.45, 2.75) is 45.2 Å². The fraction of sp³-hybridized carbons (Fsp3) is 0.368. The third kappa shape index (κ3) is 2.78. The van der Waals surface area contributed by atoms with Crippen LogP contribution in [0, 0.1) is 6.92 Å². The SMILES string of the molecule is Cc1cccc2c1CC[C@H](N[C@H](C)c1ccccc1)C2. The molecule has 0 saturated carbocycles. The number of hydrogen-bond donors (Lipinski definition) is 1. The lowest BCUT2D eigenvalue weighted by atomic mass is 9.85. The minimum absolute atomic E-state index is 0.424. The third-order valence-corrected chi connectivity index (χ3v) is 4.50. The van der Waals surface area contributed by atoms with Gasteiger partial charge in [0, 0.05) is 12.1 Å². The number of hydrogen-bond acceptors (Lipinski definition) is 1. The van der Waals surface area contributed by atoms with Crippen LogP contribution >= 0.6 is 0 Å². The van der Waals surface area contributed by atoms with E-state index in [9.17, 15) is 0 Å². The Bertz CT molecular complexity index is 574. The minimum Gasteiger partial charge on any atom is -0.307 e. The van der Waals surface area contributed by atoms with Crippen molar-refractivity contribution in [2.24, 2.45) is 0 Å². The van der Waals surface area contributed by atoms with Crippen LogP contribution in [0.15, 0.2) is 48.5 Å². The lowest BCUT2D eigenvalue weighted by Gasteiger charge is -2.29. The summed E-state index contributed by atoms with van der Waals surface area (Å²) in [5.74, 6) is 0. The highest BCUT2D eigenvalue weighted by molar-refractivity contribution is 5.37. The average Bonchev–Trinajstić information content (AvgIpc) is 2.48. The van der Waals surface area contributed by atoms with Gasteiger partial charge in [-0.15, -0.1) is 0 Å². The first-order chi connectivity index (χ1) is 9.74. The summed E-state index contributed by atoms with van der Waals surface area (Å²) in [5.41, 5.74) is 5.95. The average molecular weight is 265 g/mol. The molecule has 0 amide bonds. The van der Waals surface area contributed by atoms with Gasteiger partial charge in [0.25, 0.3) is 0 Å². The fourth-order valence-corrected chi connectivity index (χ4v) is 3.33. The molecule has 0 unspecified atom stereocenters. The predicted octanol–water partition coefficient (Wildman–Crippen LogP) is 4.20. The second-order valence-corrected chi connectivity index (χ2v) is 5.95. The van der Waals surface area contributed by atoms with Crippen molar-refractivity contribution in [3.05, 3.63) is 70.8 Å². The zero-order valence-corrected chi connectivity index (χ0v) is 12.4. The highest BCUT2D eigenvalue weighted by Crippen LogP contribution is 2.25. The van der Waals surface area contributed by atoms with Crippen LogP contribution < -0.4 is 5.32 Å². The molecule has 0 heterocycles. The van der Waals surface area contributed by atoms with Crippen molar-refractivity contribution < 1.29 is 0 Å². The van der Waals surface area contributed by atoms with Gasteiger partial charge in [0.15, 0.2) is 0 Å². The van der Waals surface area contributed by atoms with Gasteiger partial charge in [0.2, 0.25) is 0 Å². The second-order valence-electron chi connectivity index (χ2n) is 5.95. The van der Waals surface area contributed by atoms with Crippen molar-refractivity contribution in [2.75, 3.05) is 0 Å². The normalized spacial score (nSPS) is 19.4. The van der Waals surface area contributed by atoms with E-state index in [1.165, 1.54) is 29.5 Å². The van der Waals surface area contributed by atoms with Crippen LogP contribution in [-0.4, -0.2) is 6.04 Å². The zero-order chi connectivity index (χ0) is 13.9. The maximum atomic E-state index is 3.80. The Kier molecular flexibility index (Phi) is 3.88. The van der Waals surface area contributed by atoms with E-state index in [-0.39, 0.29) is 0 Å². The highest BCUT2D eigenvalue weighted by Gasteiger charge is 2.21. The van der Waals surface area contributed by atoms with Gasteiger partial charge in [0.1, 0.15) is 0 Å². The molecule has 1 N–H and O–H groups in total. The van der Waals surface area contributed by atoms with Gasteiger partial charge in [-0.05, 0) is 55.4 Å². The summed E-state index contributed by atoms with van der Waals surface area (Å²) in [6.45, 7) is 4.50. The lowest BCUT2D eigenvalue weighted by molar-refractivity contribution is 0.413. The Morgan fingerprint density at radius 1 is 1.05 bits per heavy atom. The summed E-state index contributed by atoms with van der Waals surface area (Å²) in [7, 11) is 0. The van der Waals surface area contributed by atoms with Crippen LogP contribution in [0.1, 0.15) is 41.6 Å². The van der Waals surface area contributed by atoms with Gasteiger partial charge < -0.3 is 5.32 Å². The molecule has 0 aromatic heterocycles. The van der Waals surface area contributed by atoms with Crippen LogP contribution in [0.25, 0.3) is 0 Å². The van der Waals surface area contributed by atoms with E-state index in [1.807, 2.05) is 0 Å². The van der Waals surface area contributed by atoms with Gasteiger partial charge in [0.05, 0.1) is 0 Å². The van der Waals surface area contributed by atoms with Crippen molar-refractivity contribution >= 4 is 0 Å². The molecule has 2 atom stereocenters. The van der Waals surface area contributed by atoms with Crippen molar-refractivity contribution in [1.82, 2.24) is 5.32 Å². The molecular formula is C19H23N. The summed E-state index contributed by atoms with van der Waals surface area (Å²) in [6, 6.07) is 18.5. The third-order valence-electron chi connectivity index (χ3n) is 4.50. The first kappa shape index (κ1) is 13.4. The fourth-order valence-electron chi connectivity index (χ4n) is 3.33. The zero-order valence-electron chi connectivity index (χ0n) is 12.4. The van der Waals surface area contributed by atoms with Crippen molar-refractivity contribution in [3.8, 4) is 0 Å². The summed E-state index contributed by atoms with van der Waals surface area (Å²) in [6.07, 6.45) is 3.62. The summed E-state index contributed by atoms with van der Waals surface area (Å²) < 4.78 is 0. The molecule has 104 valence electrons. The maximum Gasteiger partial charge on any atom is 0.0294 e. The molecule has 0 bridgehead atoms. The molecule has 20 heavy (non-hydrogen) atoms. The number of benzene rings is 2. The van der Waals surface area contributed by atoms with Crippen LogP contribution in [0.2, 0.25) is 0 Å². The Labute approximate surface area is 122 Å². The molecule has 0 fully saturated rings. The highest BCUT2D eigenvalue weighted by atomic mass is 14.9. The first-order valence-electron chi connectivity index (χ1n) is 7.62. The van der Waals surface area contributed by atoms with Crippen LogP contribution in [0.4, 0.5) is 0 Å². The number of rotatable bonds is 3. The Morgan fingerprint density at radius 3 is 2.65 bits per heavy atom. The molecular weight excluding hydrogens is 242 g/mol. The number of aryl methyl sites for hydroxylation is 1. The first-order valence-corrected chi connectivity index (χ1v) is 7.62. The minimum atomic E-state index is 0.424. The number of fused-ring (bicyclic) bond motifs is 1. The van der Waals surface area contributed by atoms with Gasteiger partial charge >= 0.3 is 0 Å². The van der Waals surface area contributed by atoms with Crippen molar-refractivity contribution in [3.63, 3.8) is 0 Å². The van der Waals surface area contributed by atoms with Crippen LogP contribution in [0.5, 0.6) is 0 Å². The molecule has 3 rings (SSSR count). The molecule has 0 spiro atoms. The second kappa shape index (κ2) is 5.80. The van der Waals surface area contributed by atoms with Gasteiger partial charge in [-0.3, -0.25) is 0 Å². The van der Waals surface area contributed by atoms with E-state index >= 15 is 0 Å². The Morgan fingerprint density at radius 2 is 1.85 bits per heavy atom. The van der Waals surface area contributed by atoms with Crippen LogP contribution in [-0.2, 0) is 12.8 Å². The smallest absolute Gasteiger partial charge is 0.0294 e. The molecule has 0 radical (unpaired) electrons. The standard InChI is InChI=1S/C19H23N/c1-14-7-6-10-17-13-18(11-12-19(14)17)20-15(2)16-8-4-3-5-9-16/h3-10,15,18,20H,11-13H2,1-2H3/t15-,18+/m1/s1.